The van der Waals surface area contributed by atoms with E-state index in [1.54, 1.807) is 0 Å². The summed E-state index contributed by atoms with van der Waals surface area (Å²) in [5.74, 6) is -1.74. The molecule has 17 heavy (non-hydrogen) atoms. The van der Waals surface area contributed by atoms with Gasteiger partial charge in [0.1, 0.15) is 5.82 Å². The fourth-order valence-corrected chi connectivity index (χ4v) is 1.51. The first-order chi connectivity index (χ1) is 7.74. The Kier molecular flexibility index (Phi) is 3.88. The Morgan fingerprint density at radius 1 is 1.35 bits per heavy atom. The summed E-state index contributed by atoms with van der Waals surface area (Å²) in [5, 5.41) is -0.0631. The van der Waals surface area contributed by atoms with Gasteiger partial charge in [-0.1, -0.05) is 11.6 Å². The third-order valence-corrected chi connectivity index (χ3v) is 2.43. The van der Waals surface area contributed by atoms with Crippen molar-refractivity contribution in [2.24, 2.45) is 0 Å². The van der Waals surface area contributed by atoms with Crippen LogP contribution in [0.1, 0.15) is 31.1 Å². The quantitative estimate of drug-likeness (QED) is 0.618. The van der Waals surface area contributed by atoms with Crippen molar-refractivity contribution in [3.63, 3.8) is 0 Å². The van der Waals surface area contributed by atoms with Crippen molar-refractivity contribution in [2.45, 2.75) is 26.4 Å². The standard InChI is InChI=1S/C12H12ClFO3/c1-7(15)17-12(2,3)11(16)8-4-5-9(13)10(14)6-8/h4-6H,1-3H3. The van der Waals surface area contributed by atoms with Crippen LogP contribution in [0.15, 0.2) is 18.2 Å². The smallest absolute Gasteiger partial charge is 0.303 e. The van der Waals surface area contributed by atoms with Gasteiger partial charge < -0.3 is 4.74 Å². The molecule has 0 aliphatic carbocycles. The highest BCUT2D eigenvalue weighted by atomic mass is 35.5. The van der Waals surface area contributed by atoms with Gasteiger partial charge in [-0.3, -0.25) is 9.59 Å². The molecule has 0 radical (unpaired) electrons. The molecule has 0 heterocycles. The molecule has 0 bridgehead atoms. The zero-order valence-electron chi connectivity index (χ0n) is 9.71. The Hall–Kier alpha value is -1.42. The lowest BCUT2D eigenvalue weighted by atomic mass is 9.96. The Morgan fingerprint density at radius 3 is 2.41 bits per heavy atom. The lowest BCUT2D eigenvalue weighted by Gasteiger charge is -2.22. The van der Waals surface area contributed by atoms with Crippen LogP contribution in [0.4, 0.5) is 4.39 Å². The van der Waals surface area contributed by atoms with Crippen LogP contribution < -0.4 is 0 Å². The molecule has 0 N–H and O–H groups in total. The molecule has 1 rings (SSSR count). The van der Waals surface area contributed by atoms with E-state index in [2.05, 4.69) is 0 Å². The molecule has 5 heteroatoms. The number of benzene rings is 1. The normalized spacial score (nSPS) is 11.1. The van der Waals surface area contributed by atoms with E-state index < -0.39 is 23.2 Å². The average Bonchev–Trinajstić information content (AvgIpc) is 2.19. The first-order valence-electron chi connectivity index (χ1n) is 4.93. The minimum Gasteiger partial charge on any atom is -0.451 e. The lowest BCUT2D eigenvalue weighted by Crippen LogP contribution is -2.36. The molecule has 3 nitrogen and oxygen atoms in total. The Bertz CT molecular complexity index is 469. The van der Waals surface area contributed by atoms with Crippen molar-refractivity contribution in [1.29, 1.82) is 0 Å². The molecule has 92 valence electrons. The number of hydrogen-bond donors (Lipinski definition) is 0. The highest BCUT2D eigenvalue weighted by molar-refractivity contribution is 6.30. The van der Waals surface area contributed by atoms with Crippen molar-refractivity contribution >= 4 is 23.4 Å². The van der Waals surface area contributed by atoms with Gasteiger partial charge in [-0.25, -0.2) is 4.39 Å². The van der Waals surface area contributed by atoms with Gasteiger partial charge >= 0.3 is 5.97 Å². The van der Waals surface area contributed by atoms with Crippen LogP contribution in [0, 0.1) is 5.82 Å². The molecule has 0 atom stereocenters. The minimum absolute atomic E-state index is 0.0631. The molecule has 0 spiro atoms. The Morgan fingerprint density at radius 2 is 1.94 bits per heavy atom. The van der Waals surface area contributed by atoms with Gasteiger partial charge in [-0.05, 0) is 32.0 Å². The minimum atomic E-state index is -1.33. The van der Waals surface area contributed by atoms with Crippen LogP contribution in [0.25, 0.3) is 0 Å². The van der Waals surface area contributed by atoms with Crippen molar-refractivity contribution in [1.82, 2.24) is 0 Å². The number of carbonyl (C=O) groups excluding carboxylic acids is 2. The van der Waals surface area contributed by atoms with E-state index >= 15 is 0 Å². The average molecular weight is 259 g/mol. The zero-order valence-corrected chi connectivity index (χ0v) is 10.5. The number of hydrogen-bond acceptors (Lipinski definition) is 3. The van der Waals surface area contributed by atoms with Gasteiger partial charge in [0.05, 0.1) is 5.02 Å². The van der Waals surface area contributed by atoms with Gasteiger partial charge in [0.25, 0.3) is 0 Å². The van der Waals surface area contributed by atoms with Crippen LogP contribution >= 0.6 is 11.6 Å². The van der Waals surface area contributed by atoms with Crippen LogP contribution in [0.2, 0.25) is 5.02 Å². The predicted octanol–water partition coefficient (Wildman–Crippen LogP) is 3.00. The summed E-state index contributed by atoms with van der Waals surface area (Å²) >= 11 is 5.51. The van der Waals surface area contributed by atoms with Crippen LogP contribution in [-0.2, 0) is 9.53 Å². The zero-order chi connectivity index (χ0) is 13.2. The second-order valence-corrected chi connectivity index (χ2v) is 4.47. The number of Topliss-reactive ketones (excluding diaryl/α,β-unsaturated/α-hetero) is 1. The maximum Gasteiger partial charge on any atom is 0.303 e. The van der Waals surface area contributed by atoms with Gasteiger partial charge in [-0.2, -0.15) is 0 Å². The molecule has 0 aliphatic rings. The maximum atomic E-state index is 13.2. The van der Waals surface area contributed by atoms with Gasteiger partial charge in [0.2, 0.25) is 5.78 Å². The van der Waals surface area contributed by atoms with E-state index in [0.717, 1.165) is 6.07 Å². The van der Waals surface area contributed by atoms with Crippen LogP contribution in [0.5, 0.6) is 0 Å². The lowest BCUT2D eigenvalue weighted by molar-refractivity contribution is -0.149. The molecular weight excluding hydrogens is 247 g/mol. The Labute approximate surface area is 104 Å². The van der Waals surface area contributed by atoms with E-state index in [9.17, 15) is 14.0 Å². The molecule has 0 saturated carbocycles. The SMILES string of the molecule is CC(=O)OC(C)(C)C(=O)c1ccc(Cl)c(F)c1. The summed E-state index contributed by atoms with van der Waals surface area (Å²) < 4.78 is 18.1. The van der Waals surface area contributed by atoms with Crippen molar-refractivity contribution < 1.29 is 18.7 Å². The first-order valence-corrected chi connectivity index (χ1v) is 5.31. The summed E-state index contributed by atoms with van der Waals surface area (Å²) in [6, 6.07) is 3.70. The number of halogens is 2. The number of esters is 1. The van der Waals surface area contributed by atoms with E-state index in [-0.39, 0.29) is 10.6 Å². The summed E-state index contributed by atoms with van der Waals surface area (Å²) in [6.45, 7) is 4.10. The number of ketones is 1. The first kappa shape index (κ1) is 13.6. The second-order valence-electron chi connectivity index (χ2n) is 4.06. The molecule has 0 aromatic heterocycles. The Balaban J connectivity index is 3.03. The van der Waals surface area contributed by atoms with Crippen molar-refractivity contribution in [2.75, 3.05) is 0 Å². The highest BCUT2D eigenvalue weighted by Crippen LogP contribution is 2.21. The molecule has 1 aromatic rings. The second kappa shape index (κ2) is 4.84. The van der Waals surface area contributed by atoms with E-state index in [4.69, 9.17) is 16.3 Å². The fourth-order valence-electron chi connectivity index (χ4n) is 1.39. The molecule has 0 unspecified atom stereocenters. The van der Waals surface area contributed by atoms with E-state index in [1.165, 1.54) is 32.9 Å². The molecular formula is C12H12ClFO3. The summed E-state index contributed by atoms with van der Waals surface area (Å²) in [4.78, 5) is 22.8. The summed E-state index contributed by atoms with van der Waals surface area (Å²) in [6.07, 6.45) is 0. The van der Waals surface area contributed by atoms with Gasteiger partial charge in [-0.15, -0.1) is 0 Å². The highest BCUT2D eigenvalue weighted by Gasteiger charge is 2.32. The van der Waals surface area contributed by atoms with E-state index in [0.29, 0.717) is 0 Å². The summed E-state index contributed by atoms with van der Waals surface area (Å²) in [7, 11) is 0. The number of ether oxygens (including phenoxy) is 1. The molecule has 0 amide bonds. The summed E-state index contributed by atoms with van der Waals surface area (Å²) in [5.41, 5.74) is -1.22. The molecule has 0 fully saturated rings. The molecule has 0 saturated heterocycles. The van der Waals surface area contributed by atoms with Crippen molar-refractivity contribution in [3.8, 4) is 0 Å². The topological polar surface area (TPSA) is 43.4 Å². The number of carbonyl (C=O) groups is 2. The van der Waals surface area contributed by atoms with Gasteiger partial charge in [0, 0.05) is 12.5 Å². The molecule has 1 aromatic carbocycles. The van der Waals surface area contributed by atoms with Crippen LogP contribution in [0.3, 0.4) is 0 Å². The van der Waals surface area contributed by atoms with Crippen molar-refractivity contribution in [3.05, 3.63) is 34.6 Å². The third kappa shape index (κ3) is 3.27. The van der Waals surface area contributed by atoms with Gasteiger partial charge in [0.15, 0.2) is 5.60 Å². The largest absolute Gasteiger partial charge is 0.451 e. The predicted molar refractivity (Wildman–Crippen MR) is 61.6 cm³/mol. The van der Waals surface area contributed by atoms with E-state index in [1.807, 2.05) is 0 Å². The maximum absolute atomic E-state index is 13.2. The van der Waals surface area contributed by atoms with Crippen LogP contribution in [-0.4, -0.2) is 17.4 Å². The fraction of sp³-hybridized carbons (Fsp3) is 0.333. The monoisotopic (exact) mass is 258 g/mol. The number of rotatable bonds is 3. The third-order valence-electron chi connectivity index (χ3n) is 2.13. The molecule has 0 aliphatic heterocycles.